The Balaban J connectivity index is 1.57. The lowest BCUT2D eigenvalue weighted by atomic mass is 9.92. The molecule has 0 saturated carbocycles. The Hall–Kier alpha value is -3.61. The molecule has 3 aromatic rings. The molecule has 0 radical (unpaired) electrons. The monoisotopic (exact) mass is 628 g/mol. The second-order valence-corrected chi connectivity index (χ2v) is 13.0. The van der Waals surface area contributed by atoms with Crippen molar-refractivity contribution >= 4 is 17.4 Å². The van der Waals surface area contributed by atoms with Crippen LogP contribution < -0.4 is 9.64 Å². The molecule has 0 amide bonds. The number of piperidine rings is 1. The molecule has 6 rings (SSSR count). The van der Waals surface area contributed by atoms with E-state index in [1.54, 1.807) is 17.5 Å². The fourth-order valence-corrected chi connectivity index (χ4v) is 5.69. The van der Waals surface area contributed by atoms with Gasteiger partial charge in [0.15, 0.2) is 23.4 Å². The normalized spacial score (nSPS) is 22.3. The van der Waals surface area contributed by atoms with E-state index in [1.165, 1.54) is 0 Å². The van der Waals surface area contributed by atoms with E-state index in [1.807, 2.05) is 39.8 Å². The van der Waals surface area contributed by atoms with Gasteiger partial charge in [-0.05, 0) is 60.5 Å². The van der Waals surface area contributed by atoms with Crippen LogP contribution in [0.5, 0.6) is 5.75 Å². The molecule has 0 aliphatic carbocycles. The third-order valence-electron chi connectivity index (χ3n) is 8.04. The maximum Gasteiger partial charge on any atom is 0.337 e. The quantitative estimate of drug-likeness (QED) is 0.346. The van der Waals surface area contributed by atoms with Crippen molar-refractivity contribution in [2.45, 2.75) is 97.4 Å². The van der Waals surface area contributed by atoms with E-state index in [0.29, 0.717) is 72.9 Å². The number of nitrogens with zero attached hydrogens (tertiary/aromatic N) is 4. The summed E-state index contributed by atoms with van der Waals surface area (Å²) >= 11 is 0. The molecule has 2 atom stereocenters. The molecule has 2 aromatic heterocycles. The van der Waals surface area contributed by atoms with Crippen LogP contribution in [0.2, 0.25) is 0 Å². The Bertz CT molecular complexity index is 1580. The van der Waals surface area contributed by atoms with Crippen LogP contribution in [0, 0.1) is 18.6 Å². The lowest BCUT2D eigenvalue weighted by molar-refractivity contribution is -0.160. The summed E-state index contributed by atoms with van der Waals surface area (Å²) in [5, 5.41) is 15.1. The van der Waals surface area contributed by atoms with Crippen molar-refractivity contribution in [3.8, 4) is 5.75 Å². The second-order valence-electron chi connectivity index (χ2n) is 13.0. The van der Waals surface area contributed by atoms with E-state index in [2.05, 4.69) is 11.8 Å². The Morgan fingerprint density at radius 1 is 1.13 bits per heavy atom. The van der Waals surface area contributed by atoms with Gasteiger partial charge >= 0.3 is 5.97 Å². The molecule has 45 heavy (non-hydrogen) atoms. The topological polar surface area (TPSA) is 108 Å². The number of ether oxygens (including phenoxy) is 4. The molecular weight excluding hydrogens is 586 g/mol. The molecule has 244 valence electrons. The number of aromatic nitrogens is 3. The fraction of sp³-hybridized carbons (Fsp3) is 0.545. The van der Waals surface area contributed by atoms with Gasteiger partial charge in [-0.15, -0.1) is 0 Å². The summed E-state index contributed by atoms with van der Waals surface area (Å²) in [6.45, 7) is 12.8. The smallest absolute Gasteiger partial charge is 0.337 e. The van der Waals surface area contributed by atoms with Crippen molar-refractivity contribution in [1.29, 1.82) is 0 Å². The molecule has 12 heteroatoms. The van der Waals surface area contributed by atoms with Gasteiger partial charge in [0, 0.05) is 42.9 Å². The highest BCUT2D eigenvalue weighted by atomic mass is 19.2. The minimum absolute atomic E-state index is 0.0423. The molecular formula is C33H42F2N4O6. The van der Waals surface area contributed by atoms with Crippen LogP contribution in [0.4, 0.5) is 14.6 Å². The van der Waals surface area contributed by atoms with Gasteiger partial charge in [0.05, 0.1) is 48.4 Å². The zero-order valence-electron chi connectivity index (χ0n) is 26.7. The fourth-order valence-electron chi connectivity index (χ4n) is 5.69. The summed E-state index contributed by atoms with van der Waals surface area (Å²) in [5.74, 6) is -2.31. The number of aryl methyl sites for hydroxylation is 1. The average molecular weight is 629 g/mol. The number of anilines is 1. The Kier molecular flexibility index (Phi) is 9.48. The number of carboxylic acid groups (broad SMARTS) is 1. The lowest BCUT2D eigenvalue weighted by Crippen LogP contribution is -2.45. The SMILES string of the molecule is Cc1nc2cc3nn2c(c1[C@H](OC(C)(C)C)C(=O)O)N1CCC(C)(CC1)OCC=CC[C@H](C)Oc1cc(F)c(F)cc1COC3. The van der Waals surface area contributed by atoms with Crippen molar-refractivity contribution in [2.75, 3.05) is 24.6 Å². The van der Waals surface area contributed by atoms with Crippen molar-refractivity contribution in [1.82, 2.24) is 14.6 Å². The summed E-state index contributed by atoms with van der Waals surface area (Å²) in [4.78, 5) is 19.5. The Morgan fingerprint density at radius 2 is 1.84 bits per heavy atom. The number of fused-ring (bicyclic) bond motifs is 9. The van der Waals surface area contributed by atoms with Crippen molar-refractivity contribution in [3.05, 3.63) is 64.5 Å². The van der Waals surface area contributed by atoms with Gasteiger partial charge in [0.25, 0.3) is 0 Å². The van der Waals surface area contributed by atoms with Crippen LogP contribution in [-0.4, -0.2) is 62.7 Å². The van der Waals surface area contributed by atoms with E-state index in [9.17, 15) is 18.7 Å². The first-order valence-corrected chi connectivity index (χ1v) is 15.3. The number of carboxylic acids is 1. The van der Waals surface area contributed by atoms with Crippen molar-refractivity contribution < 1.29 is 37.6 Å². The van der Waals surface area contributed by atoms with Crippen LogP contribution >= 0.6 is 0 Å². The number of aliphatic carboxylic acids is 1. The molecule has 10 nitrogen and oxygen atoms in total. The van der Waals surface area contributed by atoms with Gasteiger partial charge in [0.1, 0.15) is 11.6 Å². The second kappa shape index (κ2) is 13.0. The summed E-state index contributed by atoms with van der Waals surface area (Å²) < 4.78 is 54.3. The van der Waals surface area contributed by atoms with E-state index in [0.717, 1.165) is 12.1 Å². The van der Waals surface area contributed by atoms with Crippen LogP contribution in [-0.2, 0) is 32.2 Å². The third-order valence-corrected chi connectivity index (χ3v) is 8.04. The van der Waals surface area contributed by atoms with Crippen LogP contribution in [0.15, 0.2) is 30.4 Å². The van der Waals surface area contributed by atoms with Gasteiger partial charge in [0.2, 0.25) is 0 Å². The molecule has 1 N–H and O–H groups in total. The zero-order chi connectivity index (χ0) is 32.5. The maximum absolute atomic E-state index is 14.2. The molecule has 0 spiro atoms. The van der Waals surface area contributed by atoms with Crippen molar-refractivity contribution in [2.24, 2.45) is 0 Å². The number of hydrogen-bond donors (Lipinski definition) is 1. The first-order valence-electron chi connectivity index (χ1n) is 15.3. The molecule has 0 unspecified atom stereocenters. The number of halogens is 2. The molecule has 1 aromatic carbocycles. The molecule has 1 fully saturated rings. The minimum Gasteiger partial charge on any atom is -0.490 e. The molecule has 1 saturated heterocycles. The number of hydrogen-bond acceptors (Lipinski definition) is 8. The van der Waals surface area contributed by atoms with E-state index < -0.39 is 29.3 Å². The minimum atomic E-state index is -1.28. The first kappa shape index (κ1) is 32.8. The van der Waals surface area contributed by atoms with Gasteiger partial charge in [-0.3, -0.25) is 0 Å². The lowest BCUT2D eigenvalue weighted by Gasteiger charge is -2.41. The molecule has 3 aliphatic heterocycles. The maximum atomic E-state index is 14.2. The highest BCUT2D eigenvalue weighted by Gasteiger charge is 2.37. The summed E-state index contributed by atoms with van der Waals surface area (Å²) in [6, 6.07) is 3.90. The van der Waals surface area contributed by atoms with Crippen LogP contribution in [0.3, 0.4) is 0 Å². The van der Waals surface area contributed by atoms with Gasteiger partial charge in [-0.1, -0.05) is 12.2 Å². The standard InChI is InChI=1S/C33H42F2N4O6/c1-20-9-7-8-14-43-33(6)10-12-38(13-11-33)30-28(29(31(40)41)45-32(3,4)5)21(2)36-27-16-23(37-39(27)30)19-42-18-22-15-24(34)25(35)17-26(22)44-20/h7-8,15-17,20,29H,9-14,18-19H2,1-6H3,(H,40,41)/t20-,29-/m0/s1. The van der Waals surface area contributed by atoms with Gasteiger partial charge in [-0.2, -0.15) is 9.61 Å². The molecule has 4 bridgehead atoms. The zero-order valence-corrected chi connectivity index (χ0v) is 26.7. The third kappa shape index (κ3) is 7.62. The Morgan fingerprint density at radius 3 is 2.53 bits per heavy atom. The number of benzene rings is 1. The van der Waals surface area contributed by atoms with Crippen LogP contribution in [0.1, 0.15) is 82.5 Å². The molecule has 3 aliphatic rings. The average Bonchev–Trinajstić information content (AvgIpc) is 3.35. The van der Waals surface area contributed by atoms with E-state index in [4.69, 9.17) is 29.0 Å². The summed E-state index contributed by atoms with van der Waals surface area (Å²) in [6.07, 6.45) is 4.27. The summed E-state index contributed by atoms with van der Waals surface area (Å²) in [5.41, 5.74) is 1.25. The first-order chi connectivity index (χ1) is 21.2. The molecule has 5 heterocycles. The number of rotatable bonds is 3. The van der Waals surface area contributed by atoms with E-state index >= 15 is 0 Å². The van der Waals surface area contributed by atoms with Gasteiger partial charge in [-0.25, -0.2) is 18.6 Å². The highest BCUT2D eigenvalue weighted by Crippen LogP contribution is 2.38. The summed E-state index contributed by atoms with van der Waals surface area (Å²) in [7, 11) is 0. The van der Waals surface area contributed by atoms with Gasteiger partial charge < -0.3 is 29.0 Å². The van der Waals surface area contributed by atoms with E-state index in [-0.39, 0.29) is 30.7 Å². The predicted molar refractivity (Wildman–Crippen MR) is 163 cm³/mol. The number of carbonyl (C=O) groups is 1. The predicted octanol–water partition coefficient (Wildman–Crippen LogP) is 6.08. The highest BCUT2D eigenvalue weighted by molar-refractivity contribution is 5.78. The van der Waals surface area contributed by atoms with Crippen LogP contribution in [0.25, 0.3) is 5.65 Å². The largest absolute Gasteiger partial charge is 0.490 e. The Labute approximate surface area is 261 Å². The van der Waals surface area contributed by atoms with Crippen molar-refractivity contribution in [3.63, 3.8) is 0 Å².